The second-order valence-corrected chi connectivity index (χ2v) is 7.25. The number of hydrogen-bond donors (Lipinski definition) is 2. The molecule has 0 atom stereocenters. The standard InChI is InChI=1S/C22H24Cl2O9/c23-17-13-15(21(25)26)1-3-19(17)32-11-9-30-7-5-29-6-8-31-10-12-33-20-4-2-16(22(27)28)14-18(20)24/h1-4,13-14H,5-12H2,(H,25,26)(H,27,28). The molecule has 2 aromatic carbocycles. The van der Waals surface area contributed by atoms with Crippen molar-refractivity contribution in [2.75, 3.05) is 52.9 Å². The van der Waals surface area contributed by atoms with Crippen LogP contribution in [-0.2, 0) is 14.2 Å². The zero-order valence-corrected chi connectivity index (χ0v) is 19.1. The molecule has 0 aliphatic heterocycles. The van der Waals surface area contributed by atoms with Gasteiger partial charge in [-0.3, -0.25) is 0 Å². The van der Waals surface area contributed by atoms with E-state index >= 15 is 0 Å². The van der Waals surface area contributed by atoms with Crippen LogP contribution in [0.5, 0.6) is 11.5 Å². The van der Waals surface area contributed by atoms with Crippen LogP contribution in [0.2, 0.25) is 10.0 Å². The van der Waals surface area contributed by atoms with Gasteiger partial charge in [0.2, 0.25) is 0 Å². The molecular formula is C22H24Cl2O9. The monoisotopic (exact) mass is 502 g/mol. The van der Waals surface area contributed by atoms with Gasteiger partial charge in [-0.05, 0) is 36.4 Å². The van der Waals surface area contributed by atoms with Gasteiger partial charge < -0.3 is 33.9 Å². The van der Waals surface area contributed by atoms with Gasteiger partial charge in [0.05, 0.1) is 60.8 Å². The molecule has 2 rings (SSSR count). The molecule has 9 nitrogen and oxygen atoms in total. The van der Waals surface area contributed by atoms with E-state index in [1.807, 2.05) is 0 Å². The Kier molecular flexibility index (Phi) is 11.8. The molecule has 0 radical (unpaired) electrons. The van der Waals surface area contributed by atoms with Crippen LogP contribution < -0.4 is 9.47 Å². The minimum atomic E-state index is -1.06. The van der Waals surface area contributed by atoms with Gasteiger partial charge in [0.1, 0.15) is 24.7 Å². The Labute approximate surface area is 200 Å². The molecule has 180 valence electrons. The summed E-state index contributed by atoms with van der Waals surface area (Å²) in [7, 11) is 0. The van der Waals surface area contributed by atoms with Crippen molar-refractivity contribution in [3.8, 4) is 11.5 Å². The zero-order valence-electron chi connectivity index (χ0n) is 17.6. The van der Waals surface area contributed by atoms with Crippen LogP contribution in [0.1, 0.15) is 20.7 Å². The molecule has 2 aromatic rings. The molecule has 0 saturated carbocycles. The molecule has 0 saturated heterocycles. The largest absolute Gasteiger partial charge is 0.490 e. The summed E-state index contributed by atoms with van der Waals surface area (Å²) >= 11 is 12.0. The summed E-state index contributed by atoms with van der Waals surface area (Å²) in [5, 5.41) is 18.2. The number of carboxylic acids is 2. The quantitative estimate of drug-likeness (QED) is 0.329. The van der Waals surface area contributed by atoms with E-state index in [4.69, 9.17) is 57.1 Å². The summed E-state index contributed by atoms with van der Waals surface area (Å²) in [6.07, 6.45) is 0. The zero-order chi connectivity index (χ0) is 24.1. The van der Waals surface area contributed by atoms with Gasteiger partial charge in [-0.2, -0.15) is 0 Å². The Bertz CT molecular complexity index is 847. The van der Waals surface area contributed by atoms with Crippen molar-refractivity contribution in [3.63, 3.8) is 0 Å². The summed E-state index contributed by atoms with van der Waals surface area (Å²) in [6.45, 7) is 2.70. The predicted octanol–water partition coefficient (Wildman–Crippen LogP) is 3.90. The lowest BCUT2D eigenvalue weighted by atomic mass is 10.2. The van der Waals surface area contributed by atoms with E-state index in [0.29, 0.717) is 51.1 Å². The van der Waals surface area contributed by atoms with Crippen molar-refractivity contribution in [1.82, 2.24) is 0 Å². The highest BCUT2D eigenvalue weighted by Crippen LogP contribution is 2.26. The number of carboxylic acid groups (broad SMARTS) is 2. The normalized spacial score (nSPS) is 10.7. The van der Waals surface area contributed by atoms with E-state index in [9.17, 15) is 9.59 Å². The van der Waals surface area contributed by atoms with Gasteiger partial charge in [0.15, 0.2) is 0 Å². The van der Waals surface area contributed by atoms with Crippen molar-refractivity contribution in [1.29, 1.82) is 0 Å². The van der Waals surface area contributed by atoms with Crippen molar-refractivity contribution < 1.29 is 43.5 Å². The molecule has 0 amide bonds. The van der Waals surface area contributed by atoms with Crippen LogP contribution in [0, 0.1) is 0 Å². The maximum absolute atomic E-state index is 10.9. The first-order valence-corrected chi connectivity index (χ1v) is 10.7. The summed E-state index contributed by atoms with van der Waals surface area (Å²) < 4.78 is 27.1. The van der Waals surface area contributed by atoms with Crippen LogP contribution in [-0.4, -0.2) is 75.0 Å². The number of hydrogen-bond acceptors (Lipinski definition) is 7. The minimum Gasteiger partial charge on any atom is -0.490 e. The molecule has 0 aliphatic carbocycles. The third kappa shape index (κ3) is 9.85. The molecule has 0 aliphatic rings. The Morgan fingerprint density at radius 3 is 1.24 bits per heavy atom. The van der Waals surface area contributed by atoms with Gasteiger partial charge in [-0.15, -0.1) is 0 Å². The van der Waals surface area contributed by atoms with Crippen LogP contribution in [0.4, 0.5) is 0 Å². The van der Waals surface area contributed by atoms with E-state index in [-0.39, 0.29) is 34.4 Å². The van der Waals surface area contributed by atoms with Crippen LogP contribution in [0.3, 0.4) is 0 Å². The number of ether oxygens (including phenoxy) is 5. The van der Waals surface area contributed by atoms with Gasteiger partial charge in [0, 0.05) is 0 Å². The van der Waals surface area contributed by atoms with E-state index < -0.39 is 11.9 Å². The lowest BCUT2D eigenvalue weighted by Crippen LogP contribution is -2.14. The van der Waals surface area contributed by atoms with Crippen molar-refractivity contribution in [3.05, 3.63) is 57.6 Å². The fourth-order valence-electron chi connectivity index (χ4n) is 2.46. The second kappa shape index (κ2) is 14.6. The second-order valence-electron chi connectivity index (χ2n) is 6.43. The van der Waals surface area contributed by atoms with Gasteiger partial charge in [0.25, 0.3) is 0 Å². The summed E-state index contributed by atoms with van der Waals surface area (Å²) in [6, 6.07) is 8.50. The molecule has 0 bridgehead atoms. The Balaban J connectivity index is 1.43. The third-order valence-electron chi connectivity index (χ3n) is 4.07. The number of benzene rings is 2. The van der Waals surface area contributed by atoms with Gasteiger partial charge in [-0.25, -0.2) is 9.59 Å². The molecule has 0 unspecified atom stereocenters. The molecule has 0 fully saturated rings. The highest BCUT2D eigenvalue weighted by atomic mass is 35.5. The summed E-state index contributed by atoms with van der Waals surface area (Å²) in [5.74, 6) is -1.33. The minimum absolute atomic E-state index is 0.0916. The topological polar surface area (TPSA) is 121 Å². The number of rotatable bonds is 16. The SMILES string of the molecule is O=C(O)c1ccc(OCCOCCOCCOCCOc2ccc(C(=O)O)cc2Cl)c(Cl)c1. The first-order chi connectivity index (χ1) is 15.9. The van der Waals surface area contributed by atoms with Gasteiger partial charge >= 0.3 is 11.9 Å². The first kappa shape index (κ1) is 26.7. The van der Waals surface area contributed by atoms with Crippen LogP contribution >= 0.6 is 23.2 Å². The highest BCUT2D eigenvalue weighted by molar-refractivity contribution is 6.32. The van der Waals surface area contributed by atoms with Crippen molar-refractivity contribution in [2.24, 2.45) is 0 Å². The number of halogens is 2. The fraction of sp³-hybridized carbons (Fsp3) is 0.364. The maximum atomic E-state index is 10.9. The Morgan fingerprint density at radius 2 is 0.939 bits per heavy atom. The molecule has 11 heteroatoms. The molecule has 0 spiro atoms. The van der Waals surface area contributed by atoms with E-state index in [0.717, 1.165) is 0 Å². The number of carbonyl (C=O) groups is 2. The number of aromatic carboxylic acids is 2. The summed E-state index contributed by atoms with van der Waals surface area (Å²) in [5.41, 5.74) is 0.183. The van der Waals surface area contributed by atoms with Crippen LogP contribution in [0.25, 0.3) is 0 Å². The summed E-state index contributed by atoms with van der Waals surface area (Å²) in [4.78, 5) is 21.7. The van der Waals surface area contributed by atoms with E-state index in [2.05, 4.69) is 0 Å². The van der Waals surface area contributed by atoms with Gasteiger partial charge in [-0.1, -0.05) is 23.2 Å². The molecule has 33 heavy (non-hydrogen) atoms. The lowest BCUT2D eigenvalue weighted by Gasteiger charge is -2.10. The molecule has 0 heterocycles. The van der Waals surface area contributed by atoms with E-state index in [1.165, 1.54) is 36.4 Å². The van der Waals surface area contributed by atoms with Crippen molar-refractivity contribution >= 4 is 35.1 Å². The fourth-order valence-corrected chi connectivity index (χ4v) is 2.94. The van der Waals surface area contributed by atoms with Crippen molar-refractivity contribution in [2.45, 2.75) is 0 Å². The average molecular weight is 503 g/mol. The maximum Gasteiger partial charge on any atom is 0.335 e. The first-order valence-electron chi connectivity index (χ1n) is 9.93. The highest BCUT2D eigenvalue weighted by Gasteiger charge is 2.09. The molecular weight excluding hydrogens is 479 g/mol. The Hall–Kier alpha value is -2.56. The molecule has 2 N–H and O–H groups in total. The average Bonchev–Trinajstić information content (AvgIpc) is 2.78. The third-order valence-corrected chi connectivity index (χ3v) is 4.66. The molecule has 0 aromatic heterocycles. The predicted molar refractivity (Wildman–Crippen MR) is 120 cm³/mol. The smallest absolute Gasteiger partial charge is 0.335 e. The van der Waals surface area contributed by atoms with Crippen LogP contribution in [0.15, 0.2) is 36.4 Å². The lowest BCUT2D eigenvalue weighted by molar-refractivity contribution is 0.00500. The van der Waals surface area contributed by atoms with E-state index in [1.54, 1.807) is 0 Å². The Morgan fingerprint density at radius 1 is 0.606 bits per heavy atom.